The number of carboxylic acids is 1. The van der Waals surface area contributed by atoms with E-state index in [9.17, 15) is 14.8 Å². The highest BCUT2D eigenvalue weighted by molar-refractivity contribution is 5.99. The van der Waals surface area contributed by atoms with Crippen molar-refractivity contribution in [2.24, 2.45) is 11.8 Å². The number of rotatable bonds is 6. The minimum Gasteiger partial charge on any atom is -0.595 e. The van der Waals surface area contributed by atoms with Crippen LogP contribution in [-0.4, -0.2) is 79.2 Å². The number of hydrogen-bond donors (Lipinski definition) is 3. The Hall–Kier alpha value is -3.48. The highest BCUT2D eigenvalue weighted by atomic mass is 16.8. The molecule has 3 saturated heterocycles. The molecule has 1 amide bonds. The van der Waals surface area contributed by atoms with E-state index in [1.165, 1.54) is 24.1 Å². The van der Waals surface area contributed by atoms with Gasteiger partial charge in [0.15, 0.2) is 17.2 Å². The van der Waals surface area contributed by atoms with Crippen LogP contribution in [0.3, 0.4) is 0 Å². The average Bonchev–Trinajstić information content (AvgIpc) is 3.48. The zero-order chi connectivity index (χ0) is 30.9. The number of aliphatic carboxylic acids is 1. The number of quaternary nitrogens is 1. The van der Waals surface area contributed by atoms with Gasteiger partial charge in [0, 0.05) is 42.1 Å². The number of carboxylic acid groups (broad SMARTS) is 1. The molecule has 2 aromatic rings. The molecule has 44 heavy (non-hydrogen) atoms. The number of hydrogen-bond acceptors (Lipinski definition) is 8. The van der Waals surface area contributed by atoms with Crippen LogP contribution in [0.4, 0.5) is 11.4 Å². The SMILES string of the molecule is CCC(C(=O)O)c1ccc([NH+]([O-])O)cc1.COc1cc2c(cc1OC)[C@@]13CCN4CC5=CCO[C@H]6CC(=O)N2[C@H]1[C@H]6[C@H]5C[C@H]43. The van der Waals surface area contributed by atoms with Crippen LogP contribution in [0.25, 0.3) is 0 Å². The molecule has 234 valence electrons. The number of carbonyl (C=O) groups is 2. The third-order valence-corrected chi connectivity index (χ3v) is 11.1. The van der Waals surface area contributed by atoms with Gasteiger partial charge >= 0.3 is 5.97 Å². The van der Waals surface area contributed by atoms with Gasteiger partial charge in [0.1, 0.15) is 0 Å². The van der Waals surface area contributed by atoms with Gasteiger partial charge in [0.25, 0.3) is 0 Å². The number of nitrogens with zero attached hydrogens (tertiary/aromatic N) is 2. The number of amides is 1. The van der Waals surface area contributed by atoms with Gasteiger partial charge in [-0.25, -0.2) is 5.21 Å². The highest BCUT2D eigenvalue weighted by Crippen LogP contribution is 2.66. The van der Waals surface area contributed by atoms with Gasteiger partial charge in [0.05, 0.1) is 51.0 Å². The van der Waals surface area contributed by atoms with Gasteiger partial charge in [-0.05, 0) is 48.9 Å². The second kappa shape index (κ2) is 10.8. The van der Waals surface area contributed by atoms with Crippen molar-refractivity contribution in [2.75, 3.05) is 38.8 Å². The fourth-order valence-corrected chi connectivity index (χ4v) is 9.28. The highest BCUT2D eigenvalue weighted by Gasteiger charge is 2.71. The van der Waals surface area contributed by atoms with E-state index >= 15 is 0 Å². The Morgan fingerprint density at radius 2 is 1.93 bits per heavy atom. The summed E-state index contributed by atoms with van der Waals surface area (Å²) in [5, 5.41) is 27.1. The molecule has 2 aromatic carbocycles. The quantitative estimate of drug-likeness (QED) is 0.336. The van der Waals surface area contributed by atoms with Gasteiger partial charge in [-0.15, -0.1) is 0 Å². The van der Waals surface area contributed by atoms with Crippen LogP contribution in [0.15, 0.2) is 48.0 Å². The Balaban J connectivity index is 0.000000178. The monoisotopic (exact) mass is 605 g/mol. The molecule has 11 nitrogen and oxygen atoms in total. The van der Waals surface area contributed by atoms with Crippen LogP contribution in [0.1, 0.15) is 49.7 Å². The maximum atomic E-state index is 13.5. The van der Waals surface area contributed by atoms with Crippen molar-refractivity contribution < 1.29 is 39.3 Å². The molecule has 0 radical (unpaired) electrons. The zero-order valence-electron chi connectivity index (χ0n) is 25.2. The second-order valence-corrected chi connectivity index (χ2v) is 12.7. The first-order valence-corrected chi connectivity index (χ1v) is 15.4. The van der Waals surface area contributed by atoms with Crippen LogP contribution in [0, 0.1) is 17.0 Å². The third kappa shape index (κ3) is 4.13. The number of piperidine rings is 2. The molecule has 2 unspecified atom stereocenters. The van der Waals surface area contributed by atoms with Crippen molar-refractivity contribution in [3.05, 3.63) is 64.4 Å². The van der Waals surface area contributed by atoms with E-state index in [4.69, 9.17) is 24.5 Å². The smallest absolute Gasteiger partial charge is 0.310 e. The van der Waals surface area contributed by atoms with Gasteiger partial charge < -0.3 is 29.4 Å². The molecule has 11 heteroatoms. The standard InChI is InChI=1S/C23H26N2O4.C10H13NO4/c1-27-16-8-14-15(9-17(16)28-2)25-20(26)10-18-21-13-7-19-23(14,22(21)25)4-5-24(19)11-12(13)3-6-29-18;1-2-9(10(12)13)7-3-5-8(6-4-7)11(14)15/h3,8-9,13,18-19,21-22H,4-7,10-11H2,1-2H3;3-6,9,11,14H,2H2,1H3,(H,12,13)/t13-,18-,19-,21-,22-,23+;/m0./s1. The molecular formula is C33H39N3O8. The lowest BCUT2D eigenvalue weighted by Gasteiger charge is -2.58. The molecule has 8 rings (SSSR count). The van der Waals surface area contributed by atoms with Crippen molar-refractivity contribution in [3.63, 3.8) is 0 Å². The summed E-state index contributed by atoms with van der Waals surface area (Å²) in [6.07, 6.45) is 5.60. The molecular weight excluding hydrogens is 566 g/mol. The first kappa shape index (κ1) is 29.2. The summed E-state index contributed by atoms with van der Waals surface area (Å²) in [4.78, 5) is 29.1. The van der Waals surface area contributed by atoms with Crippen molar-refractivity contribution in [3.8, 4) is 11.5 Å². The molecule has 2 bridgehead atoms. The molecule has 6 aliphatic rings. The Labute approximate surface area is 256 Å². The van der Waals surface area contributed by atoms with E-state index in [-0.39, 0.29) is 29.2 Å². The fourth-order valence-electron chi connectivity index (χ4n) is 9.28. The number of nitrogens with one attached hydrogen (secondary N) is 1. The van der Waals surface area contributed by atoms with E-state index in [1.807, 2.05) is 6.07 Å². The minimum absolute atomic E-state index is 0.0242. The van der Waals surface area contributed by atoms with Gasteiger partial charge in [-0.3, -0.25) is 14.5 Å². The lowest BCUT2D eigenvalue weighted by atomic mass is 9.53. The number of ether oxygens (including phenoxy) is 3. The molecule has 1 aliphatic carbocycles. The Morgan fingerprint density at radius 3 is 2.59 bits per heavy atom. The number of fused-ring (bicyclic) bond motifs is 2. The summed E-state index contributed by atoms with van der Waals surface area (Å²) >= 11 is 0. The lowest BCUT2D eigenvalue weighted by Crippen LogP contribution is -2.99. The second-order valence-electron chi connectivity index (χ2n) is 12.7. The number of carbonyl (C=O) groups excluding carboxylic acids is 1. The lowest BCUT2D eigenvalue weighted by molar-refractivity contribution is -0.991. The van der Waals surface area contributed by atoms with Crippen LogP contribution in [0.5, 0.6) is 11.5 Å². The molecule has 0 aromatic heterocycles. The summed E-state index contributed by atoms with van der Waals surface area (Å²) < 4.78 is 17.6. The molecule has 4 fully saturated rings. The van der Waals surface area contributed by atoms with Gasteiger partial charge in [-0.2, -0.15) is 5.23 Å². The molecule has 8 atom stereocenters. The van der Waals surface area contributed by atoms with E-state index in [1.54, 1.807) is 38.8 Å². The number of methoxy groups -OCH3 is 2. The van der Waals surface area contributed by atoms with Crippen LogP contribution in [0.2, 0.25) is 0 Å². The van der Waals surface area contributed by atoms with Gasteiger partial charge in [0.2, 0.25) is 5.91 Å². The van der Waals surface area contributed by atoms with E-state index in [0.717, 1.165) is 30.9 Å². The summed E-state index contributed by atoms with van der Waals surface area (Å²) in [7, 11) is 3.36. The Bertz CT molecular complexity index is 1510. The van der Waals surface area contributed by atoms with Gasteiger partial charge in [-0.1, -0.05) is 30.7 Å². The van der Waals surface area contributed by atoms with E-state index < -0.39 is 17.1 Å². The summed E-state index contributed by atoms with van der Waals surface area (Å²) in [5.74, 6) is 1.12. The van der Waals surface area contributed by atoms with E-state index in [0.29, 0.717) is 48.6 Å². The number of anilines is 1. The maximum absolute atomic E-state index is 13.5. The third-order valence-electron chi connectivity index (χ3n) is 11.1. The zero-order valence-corrected chi connectivity index (χ0v) is 25.2. The minimum atomic E-state index is -1.01. The van der Waals surface area contributed by atoms with Crippen molar-refractivity contribution in [1.29, 1.82) is 0 Å². The first-order valence-electron chi connectivity index (χ1n) is 15.4. The molecule has 5 heterocycles. The molecule has 1 spiro atoms. The van der Waals surface area contributed by atoms with Crippen LogP contribution >= 0.6 is 0 Å². The van der Waals surface area contributed by atoms with E-state index in [2.05, 4.69) is 21.9 Å². The first-order chi connectivity index (χ1) is 21.2. The van der Waals surface area contributed by atoms with Crippen molar-refractivity contribution >= 4 is 23.3 Å². The predicted molar refractivity (Wildman–Crippen MR) is 159 cm³/mol. The predicted octanol–water partition coefficient (Wildman–Crippen LogP) is 2.78. The summed E-state index contributed by atoms with van der Waals surface area (Å²) in [5.41, 5.74) is 4.65. The van der Waals surface area contributed by atoms with Crippen LogP contribution < -0.4 is 19.6 Å². The van der Waals surface area contributed by atoms with Crippen molar-refractivity contribution in [2.45, 2.75) is 62.1 Å². The molecule has 1 saturated carbocycles. The fraction of sp³-hybridized carbons (Fsp3) is 0.515. The Morgan fingerprint density at radius 1 is 1.20 bits per heavy atom. The maximum Gasteiger partial charge on any atom is 0.310 e. The topological polar surface area (TPSA) is 136 Å². The molecule has 3 N–H and O–H groups in total. The summed E-state index contributed by atoms with van der Waals surface area (Å²) in [6.45, 7) is 4.59. The normalized spacial score (nSPS) is 32.0. The van der Waals surface area contributed by atoms with Crippen molar-refractivity contribution in [1.82, 2.24) is 4.90 Å². The average molecular weight is 606 g/mol. The largest absolute Gasteiger partial charge is 0.595 e. The summed E-state index contributed by atoms with van der Waals surface area (Å²) in [6, 6.07) is 10.8. The Kier molecular flexibility index (Phi) is 7.21. The van der Waals surface area contributed by atoms with Crippen LogP contribution in [-0.2, 0) is 19.7 Å². The molecule has 5 aliphatic heterocycles. The number of benzene rings is 2.